The third kappa shape index (κ3) is 0.913. The molecule has 1 aliphatic rings. The monoisotopic (exact) mass is 97.0 g/mol. The first-order chi connectivity index (χ1) is 3.39. The van der Waals surface area contributed by atoms with Crippen molar-refractivity contribution in [3.8, 4) is 0 Å². The second-order valence-corrected chi connectivity index (χ2v) is 1.13. The summed E-state index contributed by atoms with van der Waals surface area (Å²) in [5.74, 6) is -0.428. The zero-order valence-electron chi connectivity index (χ0n) is 3.61. The lowest BCUT2D eigenvalue weighted by Crippen LogP contribution is -1.98. The average molecular weight is 97.1 g/mol. The minimum Gasteiger partial charge on any atom is -0.332 e. The molecular weight excluding hydrogens is 93.1 g/mol. The van der Waals surface area contributed by atoms with Crippen molar-refractivity contribution in [3.63, 3.8) is 0 Å². The van der Waals surface area contributed by atoms with Crippen molar-refractivity contribution in [3.05, 3.63) is 30.0 Å². The zero-order chi connectivity index (χ0) is 5.11. The first-order valence-electron chi connectivity index (χ1n) is 1.93. The van der Waals surface area contributed by atoms with Gasteiger partial charge in [-0.1, -0.05) is 5.73 Å². The van der Waals surface area contributed by atoms with E-state index in [-0.39, 0.29) is 0 Å². The van der Waals surface area contributed by atoms with E-state index in [9.17, 15) is 4.39 Å². The molecule has 0 unspecified atom stereocenters. The van der Waals surface area contributed by atoms with Crippen molar-refractivity contribution in [2.45, 2.75) is 0 Å². The van der Waals surface area contributed by atoms with E-state index >= 15 is 0 Å². The molecule has 0 aromatic carbocycles. The highest BCUT2D eigenvalue weighted by Gasteiger charge is 1.84. The van der Waals surface area contributed by atoms with Gasteiger partial charge in [-0.25, -0.2) is 0 Å². The van der Waals surface area contributed by atoms with Gasteiger partial charge in [-0.3, -0.25) is 0 Å². The van der Waals surface area contributed by atoms with Crippen LogP contribution in [-0.4, -0.2) is 0 Å². The molecule has 36 valence electrons. The van der Waals surface area contributed by atoms with E-state index in [1.54, 1.807) is 6.08 Å². The Morgan fingerprint density at radius 2 is 2.57 bits per heavy atom. The number of rotatable bonds is 0. The van der Waals surface area contributed by atoms with E-state index in [2.05, 4.69) is 11.0 Å². The SMILES string of the molecule is FC1=C=CC=CN1. The van der Waals surface area contributed by atoms with Crippen molar-refractivity contribution in [1.29, 1.82) is 0 Å². The van der Waals surface area contributed by atoms with Gasteiger partial charge in [-0.05, 0) is 12.2 Å². The predicted molar refractivity (Wildman–Crippen MR) is 25.0 cm³/mol. The number of nitrogens with one attached hydrogen (secondary N) is 1. The molecule has 0 radical (unpaired) electrons. The third-order valence-electron chi connectivity index (χ3n) is 0.613. The lowest BCUT2D eigenvalue weighted by Gasteiger charge is -1.91. The van der Waals surface area contributed by atoms with Gasteiger partial charge in [0.2, 0.25) is 5.95 Å². The van der Waals surface area contributed by atoms with Crippen LogP contribution in [0, 0.1) is 0 Å². The van der Waals surface area contributed by atoms with Gasteiger partial charge < -0.3 is 5.32 Å². The third-order valence-corrected chi connectivity index (χ3v) is 0.613. The number of hydrogen-bond donors (Lipinski definition) is 1. The summed E-state index contributed by atoms with van der Waals surface area (Å²) in [5, 5.41) is 2.31. The van der Waals surface area contributed by atoms with Crippen LogP contribution in [-0.2, 0) is 0 Å². The molecule has 0 amide bonds. The highest BCUT2D eigenvalue weighted by molar-refractivity contribution is 5.10. The number of allylic oxidation sites excluding steroid dienone is 2. The quantitative estimate of drug-likeness (QED) is 0.352. The van der Waals surface area contributed by atoms with Gasteiger partial charge in [-0.15, -0.1) is 0 Å². The Hall–Kier alpha value is -1.01. The first-order valence-corrected chi connectivity index (χ1v) is 1.93. The van der Waals surface area contributed by atoms with Crippen LogP contribution in [0.25, 0.3) is 0 Å². The van der Waals surface area contributed by atoms with Crippen molar-refractivity contribution in [2.75, 3.05) is 0 Å². The van der Waals surface area contributed by atoms with Crippen LogP contribution in [0.4, 0.5) is 4.39 Å². The van der Waals surface area contributed by atoms with Gasteiger partial charge in [-0.2, -0.15) is 4.39 Å². The fourth-order valence-corrected chi connectivity index (χ4v) is 0.332. The zero-order valence-corrected chi connectivity index (χ0v) is 3.61. The molecule has 0 bridgehead atoms. The molecule has 1 rings (SSSR count). The maximum atomic E-state index is 11.8. The molecular formula is C5H4FN. The highest BCUT2D eigenvalue weighted by Crippen LogP contribution is 1.90. The molecule has 1 aliphatic heterocycles. The van der Waals surface area contributed by atoms with Crippen molar-refractivity contribution in [1.82, 2.24) is 5.32 Å². The summed E-state index contributed by atoms with van der Waals surface area (Å²) < 4.78 is 11.8. The van der Waals surface area contributed by atoms with Gasteiger partial charge >= 0.3 is 0 Å². The van der Waals surface area contributed by atoms with Crippen LogP contribution in [0.15, 0.2) is 30.0 Å². The lowest BCUT2D eigenvalue weighted by atomic mass is 10.5. The second kappa shape index (κ2) is 1.63. The van der Waals surface area contributed by atoms with Crippen LogP contribution in [0.2, 0.25) is 0 Å². The van der Waals surface area contributed by atoms with Crippen LogP contribution in [0.3, 0.4) is 0 Å². The lowest BCUT2D eigenvalue weighted by molar-refractivity contribution is 0.587. The Labute approximate surface area is 40.8 Å². The smallest absolute Gasteiger partial charge is 0.234 e. The van der Waals surface area contributed by atoms with Crippen LogP contribution in [0.5, 0.6) is 0 Å². The van der Waals surface area contributed by atoms with Crippen molar-refractivity contribution < 1.29 is 4.39 Å². The van der Waals surface area contributed by atoms with E-state index in [4.69, 9.17) is 0 Å². The summed E-state index contributed by atoms with van der Waals surface area (Å²) in [4.78, 5) is 0. The Balaban J connectivity index is 2.84. The average Bonchev–Trinajstić information content (AvgIpc) is 1.69. The van der Waals surface area contributed by atoms with E-state index in [0.717, 1.165) is 0 Å². The molecule has 0 atom stereocenters. The normalized spacial score (nSPS) is 15.9. The Kier molecular flexibility index (Phi) is 0.966. The molecule has 1 heterocycles. The summed E-state index contributed by atoms with van der Waals surface area (Å²) in [7, 11) is 0. The maximum Gasteiger partial charge on any atom is 0.234 e. The summed E-state index contributed by atoms with van der Waals surface area (Å²) >= 11 is 0. The van der Waals surface area contributed by atoms with Crippen molar-refractivity contribution in [2.24, 2.45) is 0 Å². The minimum absolute atomic E-state index is 0.428. The summed E-state index contributed by atoms with van der Waals surface area (Å²) in [6, 6.07) is 0. The van der Waals surface area contributed by atoms with E-state index < -0.39 is 5.95 Å². The highest BCUT2D eigenvalue weighted by atomic mass is 19.1. The molecule has 0 aromatic heterocycles. The van der Waals surface area contributed by atoms with Crippen LogP contribution >= 0.6 is 0 Å². The molecule has 1 nitrogen and oxygen atoms in total. The molecule has 0 fully saturated rings. The molecule has 7 heavy (non-hydrogen) atoms. The second-order valence-electron chi connectivity index (χ2n) is 1.13. The topological polar surface area (TPSA) is 12.0 Å². The summed E-state index contributed by atoms with van der Waals surface area (Å²) in [6.45, 7) is 0. The van der Waals surface area contributed by atoms with Gasteiger partial charge in [0.15, 0.2) is 0 Å². The van der Waals surface area contributed by atoms with Crippen LogP contribution < -0.4 is 5.32 Å². The fraction of sp³-hybridized carbons (Fsp3) is 0. The molecule has 0 saturated heterocycles. The molecule has 0 aromatic rings. The van der Waals surface area contributed by atoms with Crippen LogP contribution in [0.1, 0.15) is 0 Å². The molecule has 1 N–H and O–H groups in total. The molecule has 0 aliphatic carbocycles. The fourth-order valence-electron chi connectivity index (χ4n) is 0.332. The Morgan fingerprint density at radius 1 is 1.71 bits per heavy atom. The van der Waals surface area contributed by atoms with Gasteiger partial charge in [0.25, 0.3) is 0 Å². The van der Waals surface area contributed by atoms with E-state index in [1.807, 2.05) is 0 Å². The summed E-state index contributed by atoms with van der Waals surface area (Å²) in [5.41, 5.74) is 2.31. The molecule has 0 spiro atoms. The number of hydrogen-bond acceptors (Lipinski definition) is 1. The van der Waals surface area contributed by atoms with E-state index in [1.165, 1.54) is 12.3 Å². The number of halogens is 1. The largest absolute Gasteiger partial charge is 0.332 e. The molecule has 2 heteroatoms. The van der Waals surface area contributed by atoms with E-state index in [0.29, 0.717) is 0 Å². The predicted octanol–water partition coefficient (Wildman–Crippen LogP) is 1.07. The Bertz CT molecular complexity index is 151. The maximum absolute atomic E-state index is 11.8. The first kappa shape index (κ1) is 4.16. The Morgan fingerprint density at radius 3 is 2.86 bits per heavy atom. The summed E-state index contributed by atoms with van der Waals surface area (Å²) in [6.07, 6.45) is 4.68. The van der Waals surface area contributed by atoms with Gasteiger partial charge in [0.05, 0.1) is 0 Å². The standard InChI is InChI=1S/C5H4FN/c6-5-3-1-2-4-7-5/h1-2,4,7H. The molecule has 0 saturated carbocycles. The van der Waals surface area contributed by atoms with Gasteiger partial charge in [0, 0.05) is 6.20 Å². The van der Waals surface area contributed by atoms with Crippen molar-refractivity contribution >= 4 is 0 Å². The minimum atomic E-state index is -0.428. The van der Waals surface area contributed by atoms with Gasteiger partial charge in [0.1, 0.15) is 0 Å².